The Morgan fingerprint density at radius 1 is 0.925 bits per heavy atom. The molecule has 0 fully saturated rings. The number of aromatic nitrogens is 1. The van der Waals surface area contributed by atoms with Crippen LogP contribution in [0.3, 0.4) is 0 Å². The first kappa shape index (κ1) is 37.7. The van der Waals surface area contributed by atoms with Crippen molar-refractivity contribution in [1.29, 1.82) is 0 Å². The van der Waals surface area contributed by atoms with Crippen molar-refractivity contribution in [2.24, 2.45) is 5.92 Å². The lowest BCUT2D eigenvalue weighted by molar-refractivity contribution is -0.706. The number of benzene rings is 4. The fourth-order valence-corrected chi connectivity index (χ4v) is 9.71. The summed E-state index contributed by atoms with van der Waals surface area (Å²) in [6, 6.07) is 33.3. The summed E-state index contributed by atoms with van der Waals surface area (Å²) in [6.45, 7) is 22.2. The largest absolute Gasteiger partial charge is 0.365 e. The monoisotopic (exact) mass is 724 g/mol. The average molecular weight is 725 g/mol. The molecule has 2 heterocycles. The summed E-state index contributed by atoms with van der Waals surface area (Å²) in [6.07, 6.45) is 7.03. The van der Waals surface area contributed by atoms with Crippen LogP contribution in [0.25, 0.3) is 22.4 Å². The SMILES string of the molecule is C=CC1C(C(C(=C)/C=C(\C)F)N(C)c2ccccc2Nc2ccc(F)c(-c3ccccc3)c2)c2ccccc2-c2cc(CC(C)C)c([Si](C)(C)C)c[n+]21. The van der Waals surface area contributed by atoms with Crippen LogP contribution in [0.4, 0.5) is 25.8 Å². The highest BCUT2D eigenvalue weighted by atomic mass is 28.3. The van der Waals surface area contributed by atoms with Gasteiger partial charge in [0, 0.05) is 35.1 Å². The number of halogens is 2. The van der Waals surface area contributed by atoms with Gasteiger partial charge in [-0.15, -0.1) is 0 Å². The van der Waals surface area contributed by atoms with Crippen LogP contribution in [0.15, 0.2) is 146 Å². The number of nitrogens with one attached hydrogen (secondary N) is 1. The van der Waals surface area contributed by atoms with Crippen molar-refractivity contribution in [2.45, 2.75) is 64.8 Å². The molecular formula is C47H52F2N3Si+. The second kappa shape index (κ2) is 15.5. The van der Waals surface area contributed by atoms with Crippen LogP contribution < -0.4 is 20.0 Å². The van der Waals surface area contributed by atoms with Gasteiger partial charge in [-0.1, -0.05) is 107 Å². The summed E-state index contributed by atoms with van der Waals surface area (Å²) in [5, 5.41) is 5.04. The lowest BCUT2D eigenvalue weighted by Gasteiger charge is -2.41. The van der Waals surface area contributed by atoms with E-state index in [-0.39, 0.29) is 29.6 Å². The molecule has 1 aliphatic rings. The van der Waals surface area contributed by atoms with E-state index in [9.17, 15) is 4.39 Å². The maximum absolute atomic E-state index is 15.1. The van der Waals surface area contributed by atoms with Crippen molar-refractivity contribution in [2.75, 3.05) is 17.3 Å². The number of anilines is 3. The van der Waals surface area contributed by atoms with E-state index in [0.717, 1.165) is 29.0 Å². The van der Waals surface area contributed by atoms with Crippen LogP contribution in [-0.4, -0.2) is 21.2 Å². The van der Waals surface area contributed by atoms with E-state index in [0.29, 0.717) is 17.1 Å². The molecule has 272 valence electrons. The normalized spacial score (nSPS) is 16.1. The Labute approximate surface area is 316 Å². The predicted octanol–water partition coefficient (Wildman–Crippen LogP) is 11.7. The minimum Gasteiger partial charge on any atom is -0.365 e. The van der Waals surface area contributed by atoms with Crippen molar-refractivity contribution >= 4 is 30.3 Å². The summed E-state index contributed by atoms with van der Waals surface area (Å²) in [5.74, 6) is -0.218. The number of allylic oxidation sites excluding steroid dienone is 2. The highest BCUT2D eigenvalue weighted by Gasteiger charge is 2.46. The van der Waals surface area contributed by atoms with E-state index in [4.69, 9.17) is 0 Å². The molecule has 4 aromatic carbocycles. The Kier molecular flexibility index (Phi) is 11.0. The van der Waals surface area contributed by atoms with Crippen molar-refractivity contribution in [3.05, 3.63) is 163 Å². The number of hydrogen-bond acceptors (Lipinski definition) is 2. The second-order valence-electron chi connectivity index (χ2n) is 15.8. The molecule has 1 aliphatic heterocycles. The molecule has 3 unspecified atom stereocenters. The Morgan fingerprint density at radius 3 is 2.28 bits per heavy atom. The predicted molar refractivity (Wildman–Crippen MR) is 223 cm³/mol. The first-order valence-electron chi connectivity index (χ1n) is 18.5. The first-order valence-corrected chi connectivity index (χ1v) is 22.0. The van der Waals surface area contributed by atoms with Crippen LogP contribution >= 0.6 is 0 Å². The topological polar surface area (TPSA) is 19.1 Å². The Morgan fingerprint density at radius 2 is 1.60 bits per heavy atom. The highest BCUT2D eigenvalue weighted by Crippen LogP contribution is 2.46. The fourth-order valence-electron chi connectivity index (χ4n) is 8.05. The van der Waals surface area contributed by atoms with Crippen molar-refractivity contribution in [3.63, 3.8) is 0 Å². The van der Waals surface area contributed by atoms with Crippen molar-refractivity contribution in [1.82, 2.24) is 0 Å². The van der Waals surface area contributed by atoms with Gasteiger partial charge in [0.05, 0.1) is 37.2 Å². The minimum atomic E-state index is -1.75. The van der Waals surface area contributed by atoms with Gasteiger partial charge in [-0.25, -0.2) is 8.78 Å². The standard InChI is InChI=1S/C47H52F2N3Si/c1-10-42-46(38-21-15-14-20-37(38)44-28-35(26-31(2)3)45(30-52(42)44)53(7,8)9)47(32(4)27-33(5)48)51(6)43-23-17-16-22-41(43)50-36-24-25-40(49)39(29-36)34-18-12-11-13-19-34/h10-25,27-31,42,46-47,50H,1,4,26H2,2-3,5-9H3/q+1/b33-27+. The number of fused-ring (bicyclic) bond motifs is 3. The molecule has 0 saturated carbocycles. The van der Waals surface area contributed by atoms with Crippen molar-refractivity contribution in [3.8, 4) is 22.4 Å². The van der Waals surface area contributed by atoms with E-state index < -0.39 is 8.07 Å². The molecule has 0 amide bonds. The number of hydrogen-bond donors (Lipinski definition) is 1. The van der Waals surface area contributed by atoms with Gasteiger partial charge >= 0.3 is 0 Å². The molecule has 53 heavy (non-hydrogen) atoms. The summed E-state index contributed by atoms with van der Waals surface area (Å²) in [5.41, 5.74) is 9.43. The van der Waals surface area contributed by atoms with Gasteiger partial charge in [0.15, 0.2) is 12.2 Å². The molecule has 1 N–H and O–H groups in total. The zero-order chi connectivity index (χ0) is 38.0. The molecule has 3 nitrogen and oxygen atoms in total. The van der Waals surface area contributed by atoms with E-state index in [2.05, 4.69) is 111 Å². The Bertz CT molecular complexity index is 2160. The lowest BCUT2D eigenvalue weighted by Crippen LogP contribution is -2.56. The zero-order valence-electron chi connectivity index (χ0n) is 32.1. The molecule has 5 aromatic rings. The van der Waals surface area contributed by atoms with Gasteiger partial charge < -0.3 is 10.2 Å². The maximum atomic E-state index is 15.1. The average Bonchev–Trinajstić information content (AvgIpc) is 3.12. The van der Waals surface area contributed by atoms with E-state index in [1.165, 1.54) is 40.6 Å². The molecule has 0 aliphatic carbocycles. The second-order valence-corrected chi connectivity index (χ2v) is 20.8. The van der Waals surface area contributed by atoms with Gasteiger partial charge in [-0.05, 0) is 90.1 Å². The van der Waals surface area contributed by atoms with Gasteiger partial charge in [-0.2, -0.15) is 4.57 Å². The van der Waals surface area contributed by atoms with E-state index >= 15 is 4.39 Å². The van der Waals surface area contributed by atoms with Crippen LogP contribution in [0.1, 0.15) is 43.9 Å². The molecule has 0 spiro atoms. The number of likely N-dealkylation sites (N-methyl/N-ethyl adjacent to an activating group) is 1. The molecule has 0 saturated heterocycles. The van der Waals surface area contributed by atoms with Crippen LogP contribution in [0.2, 0.25) is 19.6 Å². The highest BCUT2D eigenvalue weighted by molar-refractivity contribution is 6.89. The number of para-hydroxylation sites is 2. The van der Waals surface area contributed by atoms with Crippen molar-refractivity contribution < 1.29 is 13.3 Å². The number of nitrogens with zero attached hydrogens (tertiary/aromatic N) is 2. The molecule has 6 heteroatoms. The Hall–Kier alpha value is -5.07. The quantitative estimate of drug-likeness (QED) is 0.0598. The summed E-state index contributed by atoms with van der Waals surface area (Å²) < 4.78 is 32.4. The first-order chi connectivity index (χ1) is 25.3. The van der Waals surface area contributed by atoms with E-state index in [1.807, 2.05) is 60.7 Å². The lowest BCUT2D eigenvalue weighted by atomic mass is 9.75. The summed E-state index contributed by atoms with van der Waals surface area (Å²) in [4.78, 5) is 2.21. The molecule has 6 rings (SSSR count). The third kappa shape index (κ3) is 7.84. The van der Waals surface area contributed by atoms with Gasteiger partial charge in [0.25, 0.3) is 0 Å². The third-order valence-electron chi connectivity index (χ3n) is 10.3. The van der Waals surface area contributed by atoms with Crippen LogP contribution in [-0.2, 0) is 6.42 Å². The summed E-state index contributed by atoms with van der Waals surface area (Å²) in [7, 11) is 0.302. The number of rotatable bonds is 12. The zero-order valence-corrected chi connectivity index (χ0v) is 33.1. The number of pyridine rings is 1. The molecule has 3 atom stereocenters. The van der Waals surface area contributed by atoms with E-state index in [1.54, 1.807) is 12.1 Å². The van der Waals surface area contributed by atoms with Crippen LogP contribution in [0, 0.1) is 11.7 Å². The minimum absolute atomic E-state index is 0.147. The Balaban J connectivity index is 1.50. The maximum Gasteiger partial charge on any atom is 0.213 e. The summed E-state index contributed by atoms with van der Waals surface area (Å²) >= 11 is 0. The fraction of sp³-hybridized carbons (Fsp3) is 0.255. The molecular weight excluding hydrogens is 673 g/mol. The van der Waals surface area contributed by atoms with Gasteiger partial charge in [-0.3, -0.25) is 0 Å². The third-order valence-corrected chi connectivity index (χ3v) is 12.4. The molecule has 0 bridgehead atoms. The molecule has 0 radical (unpaired) electrons. The van der Waals surface area contributed by atoms with Gasteiger partial charge in [0.1, 0.15) is 5.82 Å². The smallest absolute Gasteiger partial charge is 0.213 e. The van der Waals surface area contributed by atoms with Gasteiger partial charge in [0.2, 0.25) is 5.69 Å². The van der Waals surface area contributed by atoms with Crippen LogP contribution in [0.5, 0.6) is 0 Å². The molecule has 1 aromatic heterocycles.